The molecule has 0 amide bonds. The summed E-state index contributed by atoms with van der Waals surface area (Å²) < 4.78 is 24.8. The van der Waals surface area contributed by atoms with E-state index in [1.54, 1.807) is 0 Å². The number of nitrogens with zero attached hydrogens (tertiary/aromatic N) is 1. The molecular formula is C14H13F2N4+. The Morgan fingerprint density at radius 1 is 1.35 bits per heavy atom. The van der Waals surface area contributed by atoms with Crippen LogP contribution in [-0.4, -0.2) is 31.3 Å². The number of hydrogen-bond donors (Lipinski definition) is 3. The summed E-state index contributed by atoms with van der Waals surface area (Å²) in [5, 5.41) is 8.80. The van der Waals surface area contributed by atoms with Crippen molar-refractivity contribution in [1.82, 2.24) is 5.32 Å². The normalized spacial score (nSPS) is 19.6. The van der Waals surface area contributed by atoms with Crippen LogP contribution in [0.3, 0.4) is 0 Å². The molecule has 0 unspecified atom stereocenters. The smallest absolute Gasteiger partial charge is 0.280 e. The second-order valence-electron chi connectivity index (χ2n) is 5.14. The fourth-order valence-electron chi connectivity index (χ4n) is 2.42. The van der Waals surface area contributed by atoms with Crippen LogP contribution >= 0.6 is 0 Å². The number of anilines is 1. The minimum Gasteiger partial charge on any atom is -0.374 e. The largest absolute Gasteiger partial charge is 0.374 e. The lowest BCUT2D eigenvalue weighted by molar-refractivity contribution is -0.395. The highest BCUT2D eigenvalue weighted by Crippen LogP contribution is 2.22. The van der Waals surface area contributed by atoms with Gasteiger partial charge in [-0.3, -0.25) is 0 Å². The summed E-state index contributed by atoms with van der Waals surface area (Å²) >= 11 is 0. The van der Waals surface area contributed by atoms with E-state index < -0.39 is 6.43 Å². The minimum absolute atomic E-state index is 0.137. The van der Waals surface area contributed by atoms with Crippen LogP contribution in [0, 0.1) is 0 Å². The Labute approximate surface area is 113 Å². The lowest BCUT2D eigenvalue weighted by atomic mass is 10.0. The van der Waals surface area contributed by atoms with Crippen molar-refractivity contribution in [2.45, 2.75) is 12.5 Å². The number of nitrogens with one attached hydrogen (secondary N) is 3. The van der Waals surface area contributed by atoms with E-state index in [2.05, 4.69) is 20.6 Å². The van der Waals surface area contributed by atoms with E-state index in [0.29, 0.717) is 11.8 Å². The lowest BCUT2D eigenvalue weighted by Gasteiger charge is -2.28. The van der Waals surface area contributed by atoms with E-state index in [9.17, 15) is 8.78 Å². The Morgan fingerprint density at radius 2 is 2.15 bits per heavy atom. The number of hydrogen-bond acceptors (Lipinski definition) is 3. The van der Waals surface area contributed by atoms with Crippen LogP contribution in [-0.2, 0) is 0 Å². The molecule has 0 saturated carbocycles. The SMILES string of the molecule is FC(F)C1=CC(c2cc(NC3CNC3)c3c(c2)=C[NH+]=3)=N1. The van der Waals surface area contributed by atoms with Gasteiger partial charge in [-0.1, -0.05) is 0 Å². The van der Waals surface area contributed by atoms with Gasteiger partial charge in [-0.25, -0.2) is 18.8 Å². The predicted molar refractivity (Wildman–Crippen MR) is 71.1 cm³/mol. The van der Waals surface area contributed by atoms with Crippen molar-refractivity contribution in [3.63, 3.8) is 0 Å². The van der Waals surface area contributed by atoms with Gasteiger partial charge in [-0.05, 0) is 18.2 Å². The third-order valence-electron chi connectivity index (χ3n) is 3.74. The zero-order valence-corrected chi connectivity index (χ0v) is 10.6. The molecule has 0 spiro atoms. The van der Waals surface area contributed by atoms with Crippen molar-refractivity contribution in [2.24, 2.45) is 4.99 Å². The Bertz CT molecular complexity index is 760. The highest BCUT2D eigenvalue weighted by atomic mass is 19.3. The molecule has 3 heterocycles. The third-order valence-corrected chi connectivity index (χ3v) is 3.74. The summed E-state index contributed by atoms with van der Waals surface area (Å²) in [5.74, 6) is 0. The average Bonchev–Trinajstić information content (AvgIpc) is 2.24. The number of aliphatic imine (C=N–C) groups is 1. The molecule has 1 fully saturated rings. The number of alkyl halides is 2. The van der Waals surface area contributed by atoms with E-state index in [4.69, 9.17) is 0 Å². The van der Waals surface area contributed by atoms with Crippen molar-refractivity contribution in [3.05, 3.63) is 40.0 Å². The Balaban J connectivity index is 1.64. The molecule has 3 aliphatic rings. The summed E-state index contributed by atoms with van der Waals surface area (Å²) in [4.78, 5) is 7.05. The summed E-state index contributed by atoms with van der Waals surface area (Å²) in [6.07, 6.45) is 0.866. The summed E-state index contributed by atoms with van der Waals surface area (Å²) in [7, 11) is 0. The van der Waals surface area contributed by atoms with E-state index in [1.807, 2.05) is 18.3 Å². The van der Waals surface area contributed by atoms with Crippen LogP contribution in [0.25, 0.3) is 6.20 Å². The average molecular weight is 275 g/mol. The first-order valence-corrected chi connectivity index (χ1v) is 6.54. The first-order chi connectivity index (χ1) is 9.70. The first kappa shape index (κ1) is 11.7. The van der Waals surface area contributed by atoms with Crippen molar-refractivity contribution in [2.75, 3.05) is 18.4 Å². The van der Waals surface area contributed by atoms with Gasteiger partial charge >= 0.3 is 0 Å². The quantitative estimate of drug-likeness (QED) is 0.625. The first-order valence-electron chi connectivity index (χ1n) is 6.54. The van der Waals surface area contributed by atoms with Gasteiger partial charge in [-0.2, -0.15) is 0 Å². The van der Waals surface area contributed by atoms with Crippen molar-refractivity contribution in [3.8, 4) is 0 Å². The highest BCUT2D eigenvalue weighted by molar-refractivity contribution is 6.13. The van der Waals surface area contributed by atoms with E-state index in [0.717, 1.165) is 34.9 Å². The Kier molecular flexibility index (Phi) is 2.47. The summed E-state index contributed by atoms with van der Waals surface area (Å²) in [5.41, 5.74) is 2.37. The van der Waals surface area contributed by atoms with Crippen LogP contribution in [0.5, 0.6) is 0 Å². The molecular weight excluding hydrogens is 262 g/mol. The number of halogens is 2. The maximum Gasteiger partial charge on any atom is 0.280 e. The van der Waals surface area contributed by atoms with Crippen molar-refractivity contribution >= 4 is 17.6 Å². The molecule has 0 aromatic heterocycles. The van der Waals surface area contributed by atoms with E-state index in [-0.39, 0.29) is 5.70 Å². The van der Waals surface area contributed by atoms with Crippen LogP contribution in [0.2, 0.25) is 0 Å². The zero-order chi connectivity index (χ0) is 13.7. The molecule has 1 saturated heterocycles. The second kappa shape index (κ2) is 4.21. The molecule has 4 rings (SSSR count). The molecule has 0 aliphatic carbocycles. The molecule has 6 heteroatoms. The summed E-state index contributed by atoms with van der Waals surface area (Å²) in [6.45, 7) is 1.89. The maximum absolute atomic E-state index is 12.4. The third kappa shape index (κ3) is 1.76. The molecule has 3 aliphatic heterocycles. The molecule has 102 valence electrons. The fraction of sp³-hybridized carbons (Fsp3) is 0.286. The molecule has 20 heavy (non-hydrogen) atoms. The second-order valence-corrected chi connectivity index (χ2v) is 5.14. The minimum atomic E-state index is -2.49. The van der Waals surface area contributed by atoms with Crippen LogP contribution in [0.4, 0.5) is 14.5 Å². The van der Waals surface area contributed by atoms with Crippen LogP contribution < -0.4 is 26.2 Å². The van der Waals surface area contributed by atoms with Crippen LogP contribution in [0.15, 0.2) is 28.9 Å². The molecule has 0 bridgehead atoms. The van der Waals surface area contributed by atoms with Gasteiger partial charge in [0, 0.05) is 18.7 Å². The predicted octanol–water partition coefficient (Wildman–Crippen LogP) is -1.53. The monoisotopic (exact) mass is 275 g/mol. The van der Waals surface area contributed by atoms with Gasteiger partial charge in [-0.15, -0.1) is 0 Å². The standard InChI is InChI=1S/C14H12F2N4/c15-14(16)12-3-10(20-12)7-1-8-4-18-13(8)11(2-7)19-9-5-17-6-9/h1-4,9,14,17,19H,5-6H2/p+1. The zero-order valence-electron chi connectivity index (χ0n) is 10.6. The van der Waals surface area contributed by atoms with Gasteiger partial charge in [0.05, 0.1) is 11.8 Å². The van der Waals surface area contributed by atoms with Gasteiger partial charge < -0.3 is 10.6 Å². The molecule has 0 radical (unpaired) electrons. The lowest BCUT2D eigenvalue weighted by Crippen LogP contribution is -2.83. The molecule has 4 nitrogen and oxygen atoms in total. The molecule has 1 aromatic rings. The summed E-state index contributed by atoms with van der Waals surface area (Å²) in [6, 6.07) is 4.36. The van der Waals surface area contributed by atoms with Crippen molar-refractivity contribution < 1.29 is 13.8 Å². The van der Waals surface area contributed by atoms with Crippen molar-refractivity contribution in [1.29, 1.82) is 0 Å². The fourth-order valence-corrected chi connectivity index (χ4v) is 2.42. The number of fused-ring (bicyclic) bond motifs is 1. The van der Waals surface area contributed by atoms with Gasteiger partial charge in [0.1, 0.15) is 16.6 Å². The Morgan fingerprint density at radius 3 is 2.70 bits per heavy atom. The van der Waals surface area contributed by atoms with E-state index in [1.165, 1.54) is 6.08 Å². The number of allylic oxidation sites excluding steroid dienone is 2. The highest BCUT2D eigenvalue weighted by Gasteiger charge is 2.24. The molecule has 3 N–H and O–H groups in total. The molecule has 1 aromatic carbocycles. The van der Waals surface area contributed by atoms with Gasteiger partial charge in [0.2, 0.25) is 5.36 Å². The van der Waals surface area contributed by atoms with E-state index >= 15 is 0 Å². The molecule has 0 atom stereocenters. The Hall–Kier alpha value is -2.08. The number of benzene rings is 1. The van der Waals surface area contributed by atoms with Gasteiger partial charge in [0.15, 0.2) is 6.20 Å². The van der Waals surface area contributed by atoms with Crippen LogP contribution in [0.1, 0.15) is 5.56 Å². The number of rotatable bonds is 4. The topological polar surface area (TPSA) is 50.4 Å². The van der Waals surface area contributed by atoms with Gasteiger partial charge in [0.25, 0.3) is 6.43 Å². The maximum atomic E-state index is 12.4.